The molecule has 1 saturated heterocycles. The fourth-order valence-corrected chi connectivity index (χ4v) is 3.41. The maximum atomic E-state index is 11.6. The number of rotatable bonds is 2. The molecule has 1 aliphatic rings. The molecule has 1 fully saturated rings. The number of thiophene rings is 1. The molecule has 5 nitrogen and oxygen atoms in total. The molecule has 0 aromatic carbocycles. The number of esters is 1. The lowest BCUT2D eigenvalue weighted by atomic mass is 9.93. The summed E-state index contributed by atoms with van der Waals surface area (Å²) in [4.78, 5) is 14.1. The quantitative estimate of drug-likeness (QED) is 0.840. The highest BCUT2D eigenvalue weighted by Crippen LogP contribution is 2.42. The molecule has 0 atom stereocenters. The van der Waals surface area contributed by atoms with Gasteiger partial charge in [-0.25, -0.2) is 4.79 Å². The molecule has 0 bridgehead atoms. The fraction of sp³-hybridized carbons (Fsp3) is 0.538. The molecule has 0 unspecified atom stereocenters. The summed E-state index contributed by atoms with van der Waals surface area (Å²) in [6.45, 7) is 6.12. The monoisotopic (exact) mass is 279 g/mol. The first kappa shape index (κ1) is 13.7. The first-order valence-electron chi connectivity index (χ1n) is 6.05. The average molecular weight is 279 g/mol. The first-order valence-corrected chi connectivity index (χ1v) is 6.87. The van der Waals surface area contributed by atoms with Crippen LogP contribution < -0.4 is 10.6 Å². The van der Waals surface area contributed by atoms with Crippen LogP contribution in [0, 0.1) is 16.7 Å². The molecule has 0 spiro atoms. The normalized spacial score (nSPS) is 17.3. The SMILES string of the molecule is COC(=O)c1sc(N2CCC(C)(C)C2)c(C#N)c1N. The van der Waals surface area contributed by atoms with Gasteiger partial charge in [0.2, 0.25) is 0 Å². The maximum Gasteiger partial charge on any atom is 0.350 e. The number of ether oxygens (including phenoxy) is 1. The number of nitrogen functional groups attached to an aromatic ring is 1. The Morgan fingerprint density at radius 2 is 2.26 bits per heavy atom. The molecule has 1 aromatic heterocycles. The molecule has 0 saturated carbocycles. The molecule has 19 heavy (non-hydrogen) atoms. The van der Waals surface area contributed by atoms with Gasteiger partial charge in [-0.1, -0.05) is 13.8 Å². The summed E-state index contributed by atoms with van der Waals surface area (Å²) in [6, 6.07) is 2.10. The van der Waals surface area contributed by atoms with Crippen molar-refractivity contribution in [1.29, 1.82) is 5.26 Å². The Hall–Kier alpha value is -1.74. The van der Waals surface area contributed by atoms with Crippen LogP contribution in [0.25, 0.3) is 0 Å². The molecule has 0 aliphatic carbocycles. The smallest absolute Gasteiger partial charge is 0.350 e. The zero-order chi connectivity index (χ0) is 14.2. The Morgan fingerprint density at radius 1 is 1.58 bits per heavy atom. The van der Waals surface area contributed by atoms with E-state index in [0.29, 0.717) is 10.4 Å². The van der Waals surface area contributed by atoms with E-state index < -0.39 is 5.97 Å². The second-order valence-corrected chi connectivity index (χ2v) is 6.46. The highest BCUT2D eigenvalue weighted by Gasteiger charge is 2.33. The number of carbonyl (C=O) groups excluding carboxylic acids is 1. The van der Waals surface area contributed by atoms with Crippen molar-refractivity contribution in [1.82, 2.24) is 0 Å². The summed E-state index contributed by atoms with van der Waals surface area (Å²) in [5.41, 5.74) is 6.73. The number of nitriles is 1. The third-order valence-corrected chi connectivity index (χ3v) is 4.62. The van der Waals surface area contributed by atoms with Crippen molar-refractivity contribution in [2.24, 2.45) is 5.41 Å². The van der Waals surface area contributed by atoms with Crippen LogP contribution in [-0.2, 0) is 4.74 Å². The summed E-state index contributed by atoms with van der Waals surface area (Å²) in [6.07, 6.45) is 1.06. The third kappa shape index (κ3) is 2.38. The van der Waals surface area contributed by atoms with Gasteiger partial charge in [0.05, 0.1) is 12.8 Å². The van der Waals surface area contributed by atoms with Crippen LogP contribution in [0.3, 0.4) is 0 Å². The largest absolute Gasteiger partial charge is 0.465 e. The van der Waals surface area contributed by atoms with Crippen LogP contribution in [0.15, 0.2) is 0 Å². The van der Waals surface area contributed by atoms with E-state index in [9.17, 15) is 10.1 Å². The van der Waals surface area contributed by atoms with Gasteiger partial charge in [-0.05, 0) is 11.8 Å². The average Bonchev–Trinajstić information content (AvgIpc) is 2.88. The molecular formula is C13H17N3O2S. The lowest BCUT2D eigenvalue weighted by Crippen LogP contribution is -2.22. The van der Waals surface area contributed by atoms with E-state index in [0.717, 1.165) is 24.5 Å². The molecule has 1 aromatic rings. The van der Waals surface area contributed by atoms with E-state index in [4.69, 9.17) is 10.5 Å². The Labute approximate surface area is 116 Å². The number of carbonyl (C=O) groups is 1. The van der Waals surface area contributed by atoms with Crippen LogP contribution in [0.4, 0.5) is 10.7 Å². The van der Waals surface area contributed by atoms with E-state index in [1.165, 1.54) is 18.4 Å². The Balaban J connectivity index is 2.42. The Kier molecular flexibility index (Phi) is 3.42. The summed E-state index contributed by atoms with van der Waals surface area (Å²) < 4.78 is 4.70. The molecule has 2 N–H and O–H groups in total. The standard InChI is InChI=1S/C13H17N3O2S/c1-13(2)4-5-16(7-13)11-8(6-14)9(15)10(19-11)12(17)18-3/h4-5,7,15H2,1-3H3. The molecule has 102 valence electrons. The number of methoxy groups -OCH3 is 1. The van der Waals surface area contributed by atoms with Crippen molar-refractivity contribution >= 4 is 28.0 Å². The van der Waals surface area contributed by atoms with E-state index in [2.05, 4.69) is 24.8 Å². The topological polar surface area (TPSA) is 79.3 Å². The van der Waals surface area contributed by atoms with Crippen molar-refractivity contribution in [3.05, 3.63) is 10.4 Å². The summed E-state index contributed by atoms with van der Waals surface area (Å²) in [5, 5.41) is 10.0. The van der Waals surface area contributed by atoms with Crippen LogP contribution in [0.5, 0.6) is 0 Å². The second kappa shape index (κ2) is 4.74. The number of anilines is 2. The van der Waals surface area contributed by atoms with E-state index in [-0.39, 0.29) is 11.1 Å². The highest BCUT2D eigenvalue weighted by molar-refractivity contribution is 7.18. The second-order valence-electron chi connectivity index (χ2n) is 5.46. The van der Waals surface area contributed by atoms with Gasteiger partial charge in [-0.3, -0.25) is 0 Å². The summed E-state index contributed by atoms with van der Waals surface area (Å²) in [5.74, 6) is -0.483. The van der Waals surface area contributed by atoms with Crippen LogP contribution in [0.1, 0.15) is 35.5 Å². The zero-order valence-corrected chi connectivity index (χ0v) is 12.1. The molecule has 6 heteroatoms. The first-order chi connectivity index (χ1) is 8.89. The van der Waals surface area contributed by atoms with Gasteiger partial charge >= 0.3 is 5.97 Å². The minimum absolute atomic E-state index is 0.219. The zero-order valence-electron chi connectivity index (χ0n) is 11.3. The van der Waals surface area contributed by atoms with Crippen molar-refractivity contribution in [3.63, 3.8) is 0 Å². The highest BCUT2D eigenvalue weighted by atomic mass is 32.1. The van der Waals surface area contributed by atoms with E-state index in [1.807, 2.05) is 0 Å². The number of nitrogens with zero attached hydrogens (tertiary/aromatic N) is 2. The minimum atomic E-state index is -0.483. The minimum Gasteiger partial charge on any atom is -0.465 e. The molecule has 1 aliphatic heterocycles. The Bertz CT molecular complexity index is 557. The molecule has 2 rings (SSSR count). The number of hydrogen-bond donors (Lipinski definition) is 1. The van der Waals surface area contributed by atoms with Crippen LogP contribution in [0.2, 0.25) is 0 Å². The lowest BCUT2D eigenvalue weighted by molar-refractivity contribution is 0.0607. The Morgan fingerprint density at radius 3 is 2.74 bits per heavy atom. The van der Waals surface area contributed by atoms with E-state index in [1.54, 1.807) is 0 Å². The lowest BCUT2D eigenvalue weighted by Gasteiger charge is -2.20. The van der Waals surface area contributed by atoms with Gasteiger partial charge in [0.15, 0.2) is 0 Å². The van der Waals surface area contributed by atoms with Gasteiger partial charge in [-0.2, -0.15) is 5.26 Å². The van der Waals surface area contributed by atoms with E-state index >= 15 is 0 Å². The van der Waals surface area contributed by atoms with Gasteiger partial charge in [0, 0.05) is 13.1 Å². The summed E-state index contributed by atoms with van der Waals surface area (Å²) >= 11 is 1.25. The number of hydrogen-bond acceptors (Lipinski definition) is 6. The van der Waals surface area contributed by atoms with Gasteiger partial charge in [-0.15, -0.1) is 11.3 Å². The van der Waals surface area contributed by atoms with Crippen molar-refractivity contribution in [2.45, 2.75) is 20.3 Å². The van der Waals surface area contributed by atoms with Crippen LogP contribution >= 0.6 is 11.3 Å². The molecule has 0 radical (unpaired) electrons. The predicted molar refractivity (Wildman–Crippen MR) is 75.4 cm³/mol. The molecule has 0 amide bonds. The van der Waals surface area contributed by atoms with Gasteiger partial charge in [0.1, 0.15) is 21.5 Å². The number of nitrogens with two attached hydrogens (primary N) is 1. The van der Waals surface area contributed by atoms with Crippen molar-refractivity contribution < 1.29 is 9.53 Å². The fourth-order valence-electron chi connectivity index (χ4n) is 2.29. The van der Waals surface area contributed by atoms with Crippen molar-refractivity contribution in [3.8, 4) is 6.07 Å². The van der Waals surface area contributed by atoms with Crippen LogP contribution in [-0.4, -0.2) is 26.2 Å². The van der Waals surface area contributed by atoms with Gasteiger partial charge < -0.3 is 15.4 Å². The molecule has 2 heterocycles. The van der Waals surface area contributed by atoms with Crippen molar-refractivity contribution in [2.75, 3.05) is 30.8 Å². The predicted octanol–water partition coefficient (Wildman–Crippen LogP) is 2.22. The maximum absolute atomic E-state index is 11.6. The summed E-state index contributed by atoms with van der Waals surface area (Å²) in [7, 11) is 1.31. The third-order valence-electron chi connectivity index (χ3n) is 3.37. The molecular weight excluding hydrogens is 262 g/mol. The van der Waals surface area contributed by atoms with Gasteiger partial charge in [0.25, 0.3) is 0 Å².